The second kappa shape index (κ2) is 10.4. The zero-order valence-electron chi connectivity index (χ0n) is 20.3. The van der Waals surface area contributed by atoms with Crippen LogP contribution in [-0.4, -0.2) is 46.3 Å². The molecule has 1 aliphatic heterocycles. The summed E-state index contributed by atoms with van der Waals surface area (Å²) in [6.45, 7) is 6.21. The topological polar surface area (TPSA) is 103 Å². The molecule has 36 heavy (non-hydrogen) atoms. The smallest absolute Gasteiger partial charge is 0.358 e. The fraction of sp³-hybridized carbons (Fsp3) is 0.308. The van der Waals surface area contributed by atoms with Crippen molar-refractivity contribution in [2.75, 3.05) is 18.1 Å². The van der Waals surface area contributed by atoms with Crippen LogP contribution in [0.15, 0.2) is 54.6 Å². The Morgan fingerprint density at radius 1 is 1.08 bits per heavy atom. The van der Waals surface area contributed by atoms with Crippen LogP contribution in [0, 0.1) is 0 Å². The van der Waals surface area contributed by atoms with Crippen LogP contribution in [0.25, 0.3) is 0 Å². The number of esters is 1. The third kappa shape index (κ3) is 4.92. The number of carbonyl (C=O) groups is 3. The first-order valence-corrected chi connectivity index (χ1v) is 12.0. The summed E-state index contributed by atoms with van der Waals surface area (Å²) < 4.78 is 12.0. The number of anilines is 1. The van der Waals surface area contributed by atoms with E-state index in [2.05, 4.69) is 10.4 Å². The molecule has 1 atom stereocenters. The number of halogens is 1. The van der Waals surface area contributed by atoms with Crippen LogP contribution in [0.3, 0.4) is 0 Å². The Balaban J connectivity index is 1.70. The highest BCUT2D eigenvalue weighted by molar-refractivity contribution is 6.30. The van der Waals surface area contributed by atoms with Crippen molar-refractivity contribution in [3.63, 3.8) is 0 Å². The molecular weight excluding hydrogens is 484 g/mol. The van der Waals surface area contributed by atoms with Crippen molar-refractivity contribution in [1.82, 2.24) is 15.1 Å². The fourth-order valence-corrected chi connectivity index (χ4v) is 4.25. The summed E-state index contributed by atoms with van der Waals surface area (Å²) in [4.78, 5) is 41.1. The zero-order chi connectivity index (χ0) is 25.9. The maximum absolute atomic E-state index is 13.7. The summed E-state index contributed by atoms with van der Waals surface area (Å²) in [7, 11) is 0. The van der Waals surface area contributed by atoms with Crippen molar-refractivity contribution in [3.8, 4) is 5.75 Å². The number of ether oxygens (including phenoxy) is 2. The van der Waals surface area contributed by atoms with E-state index in [9.17, 15) is 14.4 Å². The summed E-state index contributed by atoms with van der Waals surface area (Å²) >= 11 is 5.96. The van der Waals surface area contributed by atoms with Gasteiger partial charge in [-0.15, -0.1) is 0 Å². The van der Waals surface area contributed by atoms with Crippen molar-refractivity contribution in [2.24, 2.45) is 0 Å². The molecule has 1 aromatic heterocycles. The van der Waals surface area contributed by atoms with Crippen LogP contribution in [0.4, 0.5) is 5.69 Å². The number of amides is 2. The zero-order valence-corrected chi connectivity index (χ0v) is 21.0. The number of rotatable bonds is 8. The normalized spacial score (nSPS) is 16.9. The first-order valence-electron chi connectivity index (χ1n) is 11.6. The van der Waals surface area contributed by atoms with Crippen LogP contribution < -0.4 is 15.0 Å². The van der Waals surface area contributed by atoms with Crippen LogP contribution in [-0.2, 0) is 22.6 Å². The Morgan fingerprint density at radius 2 is 1.78 bits per heavy atom. The van der Waals surface area contributed by atoms with Gasteiger partial charge in [-0.1, -0.05) is 23.7 Å². The molecule has 3 aromatic rings. The Hall–Kier alpha value is -3.85. The first kappa shape index (κ1) is 25.2. The van der Waals surface area contributed by atoms with E-state index in [0.29, 0.717) is 23.1 Å². The van der Waals surface area contributed by atoms with Gasteiger partial charge in [-0.05, 0) is 62.7 Å². The lowest BCUT2D eigenvalue weighted by atomic mass is 9.93. The van der Waals surface area contributed by atoms with Gasteiger partial charge in [0.1, 0.15) is 17.0 Å². The first-order chi connectivity index (χ1) is 17.3. The number of aromatic nitrogens is 2. The summed E-state index contributed by atoms with van der Waals surface area (Å²) in [5.41, 5.74) is 0.225. The van der Waals surface area contributed by atoms with E-state index in [0.717, 1.165) is 5.56 Å². The third-order valence-corrected chi connectivity index (χ3v) is 6.15. The van der Waals surface area contributed by atoms with Crippen molar-refractivity contribution >= 4 is 35.1 Å². The fourth-order valence-electron chi connectivity index (χ4n) is 4.12. The van der Waals surface area contributed by atoms with Crippen molar-refractivity contribution in [2.45, 2.75) is 39.4 Å². The lowest BCUT2D eigenvalue weighted by molar-refractivity contribution is -0.126. The van der Waals surface area contributed by atoms with Crippen molar-refractivity contribution < 1.29 is 23.9 Å². The van der Waals surface area contributed by atoms with Gasteiger partial charge in [0.25, 0.3) is 5.91 Å². The number of carbonyl (C=O) groups excluding carboxylic acids is 3. The van der Waals surface area contributed by atoms with E-state index in [1.807, 2.05) is 19.1 Å². The van der Waals surface area contributed by atoms with Gasteiger partial charge < -0.3 is 14.8 Å². The summed E-state index contributed by atoms with van der Waals surface area (Å²) in [5.74, 6) is -0.820. The van der Waals surface area contributed by atoms with Gasteiger partial charge in [-0.3, -0.25) is 19.2 Å². The van der Waals surface area contributed by atoms with Gasteiger partial charge in [0.2, 0.25) is 5.91 Å². The van der Waals surface area contributed by atoms with Crippen LogP contribution in [0.2, 0.25) is 5.02 Å². The summed E-state index contributed by atoms with van der Waals surface area (Å²) in [6, 6.07) is 15.5. The summed E-state index contributed by atoms with van der Waals surface area (Å²) in [6.07, 6.45) is 0. The van der Waals surface area contributed by atoms with E-state index in [-0.39, 0.29) is 37.0 Å². The quantitative estimate of drug-likeness (QED) is 0.462. The molecule has 0 aliphatic carbocycles. The number of benzene rings is 2. The van der Waals surface area contributed by atoms with Gasteiger partial charge in [0.05, 0.1) is 19.8 Å². The Kier molecular flexibility index (Phi) is 7.30. The molecular formula is C26H27ClN4O5. The van der Waals surface area contributed by atoms with E-state index in [1.165, 1.54) is 15.6 Å². The average molecular weight is 511 g/mol. The largest absolute Gasteiger partial charge is 0.494 e. The van der Waals surface area contributed by atoms with Crippen molar-refractivity contribution in [1.29, 1.82) is 0 Å². The maximum Gasteiger partial charge on any atom is 0.358 e. The van der Waals surface area contributed by atoms with Crippen LogP contribution >= 0.6 is 11.6 Å². The third-order valence-electron chi connectivity index (χ3n) is 5.90. The molecule has 0 saturated heterocycles. The van der Waals surface area contributed by atoms with Gasteiger partial charge in [-0.2, -0.15) is 5.10 Å². The summed E-state index contributed by atoms with van der Waals surface area (Å²) in [5, 5.41) is 7.80. The maximum atomic E-state index is 13.7. The van der Waals surface area contributed by atoms with E-state index in [1.54, 1.807) is 50.2 Å². The van der Waals surface area contributed by atoms with Crippen LogP contribution in [0.5, 0.6) is 5.75 Å². The molecule has 0 spiro atoms. The second-order valence-corrected chi connectivity index (χ2v) is 8.88. The predicted octanol–water partition coefficient (Wildman–Crippen LogP) is 3.85. The highest BCUT2D eigenvalue weighted by atomic mass is 35.5. The second-order valence-electron chi connectivity index (χ2n) is 8.44. The molecule has 0 bridgehead atoms. The Bertz CT molecular complexity index is 1270. The molecule has 2 amide bonds. The minimum atomic E-state index is -1.35. The predicted molar refractivity (Wildman–Crippen MR) is 134 cm³/mol. The number of hydrogen-bond donors (Lipinski definition) is 1. The monoisotopic (exact) mass is 510 g/mol. The number of nitrogens with zero attached hydrogens (tertiary/aromatic N) is 3. The van der Waals surface area contributed by atoms with Gasteiger partial charge in [-0.25, -0.2) is 4.79 Å². The molecule has 1 N–H and O–H groups in total. The minimum Gasteiger partial charge on any atom is -0.494 e. The minimum absolute atomic E-state index is 0.0117. The molecule has 2 heterocycles. The molecule has 0 saturated carbocycles. The molecule has 2 aromatic carbocycles. The molecule has 1 aliphatic rings. The van der Waals surface area contributed by atoms with Gasteiger partial charge >= 0.3 is 5.97 Å². The molecule has 1 unspecified atom stereocenters. The lowest BCUT2D eigenvalue weighted by Crippen LogP contribution is -2.64. The molecule has 188 valence electrons. The van der Waals surface area contributed by atoms with E-state index in [4.69, 9.17) is 21.1 Å². The molecule has 4 rings (SSSR count). The van der Waals surface area contributed by atoms with E-state index >= 15 is 0 Å². The van der Waals surface area contributed by atoms with E-state index < -0.39 is 17.4 Å². The highest BCUT2D eigenvalue weighted by Crippen LogP contribution is 2.34. The molecule has 0 radical (unpaired) electrons. The van der Waals surface area contributed by atoms with Crippen molar-refractivity contribution in [3.05, 3.63) is 76.6 Å². The average Bonchev–Trinajstić information content (AvgIpc) is 3.29. The standard InChI is InChI=1S/C26H27ClN4O5/c1-4-35-20-12-10-19(11-13-20)31-23(32)22-14-21(24(33)36-5-2)29-30(22)16-26(31,3)25(34)28-15-17-6-8-18(27)9-7-17/h6-14H,4-5,15-16H2,1-3H3,(H,28,34). The number of hydrogen-bond acceptors (Lipinski definition) is 6. The molecule has 10 heteroatoms. The van der Waals surface area contributed by atoms with Gasteiger partial charge in [0.15, 0.2) is 5.69 Å². The highest BCUT2D eigenvalue weighted by Gasteiger charge is 2.49. The number of fused-ring (bicyclic) bond motifs is 1. The Morgan fingerprint density at radius 3 is 2.42 bits per heavy atom. The molecule has 9 nitrogen and oxygen atoms in total. The molecule has 0 fully saturated rings. The van der Waals surface area contributed by atoms with Gasteiger partial charge in [0, 0.05) is 23.3 Å². The SMILES string of the molecule is CCOC(=O)c1cc2n(n1)CC(C)(C(=O)NCc1ccc(Cl)cc1)N(c1ccc(OCC)cc1)C2=O. The van der Waals surface area contributed by atoms with Crippen LogP contribution in [0.1, 0.15) is 47.3 Å². The Labute approximate surface area is 213 Å². The lowest BCUT2D eigenvalue weighted by Gasteiger charge is -2.43. The number of nitrogens with one attached hydrogen (secondary N) is 1.